The van der Waals surface area contributed by atoms with E-state index in [0.29, 0.717) is 24.8 Å². The van der Waals surface area contributed by atoms with Crippen molar-refractivity contribution in [2.75, 3.05) is 6.61 Å². The zero-order chi connectivity index (χ0) is 21.6. The van der Waals surface area contributed by atoms with Gasteiger partial charge in [0.25, 0.3) is 5.91 Å². The van der Waals surface area contributed by atoms with E-state index >= 15 is 0 Å². The second-order valence-electron chi connectivity index (χ2n) is 7.79. The lowest BCUT2D eigenvalue weighted by molar-refractivity contribution is -0.154. The SMILES string of the molecule is CC(=O)[C@@H](Cc1ccccc1)NC(=O)COC(=O)C1(c2ccc(F)cc2)CCCC1. The van der Waals surface area contributed by atoms with Crippen molar-refractivity contribution >= 4 is 17.7 Å². The van der Waals surface area contributed by atoms with E-state index in [-0.39, 0.29) is 11.6 Å². The molecule has 1 N–H and O–H groups in total. The van der Waals surface area contributed by atoms with Crippen molar-refractivity contribution in [2.24, 2.45) is 0 Å². The van der Waals surface area contributed by atoms with E-state index in [2.05, 4.69) is 5.32 Å². The smallest absolute Gasteiger partial charge is 0.317 e. The molecule has 2 aromatic carbocycles. The molecule has 1 aliphatic rings. The van der Waals surface area contributed by atoms with E-state index in [0.717, 1.165) is 18.4 Å². The molecule has 0 aliphatic heterocycles. The number of carbonyl (C=O) groups excluding carboxylic acids is 3. The molecule has 158 valence electrons. The lowest BCUT2D eigenvalue weighted by Crippen LogP contribution is -2.44. The van der Waals surface area contributed by atoms with E-state index < -0.39 is 29.9 Å². The van der Waals surface area contributed by atoms with Gasteiger partial charge in [0, 0.05) is 0 Å². The Balaban J connectivity index is 1.61. The fourth-order valence-electron chi connectivity index (χ4n) is 4.01. The molecule has 0 unspecified atom stereocenters. The van der Waals surface area contributed by atoms with Crippen molar-refractivity contribution in [1.29, 1.82) is 0 Å². The maximum atomic E-state index is 13.3. The minimum Gasteiger partial charge on any atom is -0.455 e. The minimum atomic E-state index is -0.849. The molecule has 0 aromatic heterocycles. The van der Waals surface area contributed by atoms with Crippen molar-refractivity contribution < 1.29 is 23.5 Å². The number of carbonyl (C=O) groups is 3. The molecule has 6 heteroatoms. The normalized spacial score (nSPS) is 15.9. The van der Waals surface area contributed by atoms with Crippen LogP contribution in [0.25, 0.3) is 0 Å². The van der Waals surface area contributed by atoms with Crippen LogP contribution in [0.2, 0.25) is 0 Å². The summed E-state index contributed by atoms with van der Waals surface area (Å²) in [4.78, 5) is 37.2. The summed E-state index contributed by atoms with van der Waals surface area (Å²) in [6.45, 7) is 0.961. The van der Waals surface area contributed by atoms with E-state index in [1.54, 1.807) is 12.1 Å². The number of halogens is 1. The van der Waals surface area contributed by atoms with Crippen LogP contribution in [0.1, 0.15) is 43.7 Å². The third-order valence-corrected chi connectivity index (χ3v) is 5.69. The van der Waals surface area contributed by atoms with Crippen LogP contribution in [0, 0.1) is 5.82 Å². The zero-order valence-corrected chi connectivity index (χ0v) is 17.0. The Morgan fingerprint density at radius 1 is 1.03 bits per heavy atom. The number of ether oxygens (including phenoxy) is 1. The molecule has 1 saturated carbocycles. The molecule has 3 rings (SSSR count). The average molecular weight is 411 g/mol. The summed E-state index contributed by atoms with van der Waals surface area (Å²) in [7, 11) is 0. The maximum absolute atomic E-state index is 13.3. The Hall–Kier alpha value is -3.02. The third-order valence-electron chi connectivity index (χ3n) is 5.69. The highest BCUT2D eigenvalue weighted by atomic mass is 19.1. The summed E-state index contributed by atoms with van der Waals surface area (Å²) in [6, 6.07) is 14.6. The molecule has 1 amide bonds. The standard InChI is InChI=1S/C24H26FNO4/c1-17(27)21(15-18-7-3-2-4-8-18)26-22(28)16-30-23(29)24(13-5-6-14-24)19-9-11-20(25)12-10-19/h2-4,7-12,21H,5-6,13-16H2,1H3,(H,26,28)/t21-/m1/s1. The van der Waals surface area contributed by atoms with Gasteiger partial charge in [-0.05, 0) is 49.4 Å². The van der Waals surface area contributed by atoms with Crippen LogP contribution in [0.3, 0.4) is 0 Å². The van der Waals surface area contributed by atoms with Crippen molar-refractivity contribution in [1.82, 2.24) is 5.32 Å². The zero-order valence-electron chi connectivity index (χ0n) is 17.0. The fraction of sp³-hybridized carbons (Fsp3) is 0.375. The first-order valence-electron chi connectivity index (χ1n) is 10.2. The predicted octanol–water partition coefficient (Wildman–Crippen LogP) is 3.50. The molecule has 1 aliphatic carbocycles. The number of ketones is 1. The number of esters is 1. The van der Waals surface area contributed by atoms with Crippen LogP contribution in [0.4, 0.5) is 4.39 Å². The molecule has 0 saturated heterocycles. The van der Waals surface area contributed by atoms with Gasteiger partial charge in [-0.2, -0.15) is 0 Å². The van der Waals surface area contributed by atoms with Gasteiger partial charge in [-0.3, -0.25) is 14.4 Å². The average Bonchev–Trinajstić information content (AvgIpc) is 3.24. The van der Waals surface area contributed by atoms with Crippen LogP contribution in [0.5, 0.6) is 0 Å². The van der Waals surface area contributed by atoms with Crippen molar-refractivity contribution in [3.05, 3.63) is 71.5 Å². The second-order valence-corrected chi connectivity index (χ2v) is 7.79. The molecule has 1 fully saturated rings. The quantitative estimate of drug-likeness (QED) is 0.675. The number of benzene rings is 2. The number of Topliss-reactive ketones (excluding diaryl/α,β-unsaturated/α-hetero) is 1. The third kappa shape index (κ3) is 5.12. The summed E-state index contributed by atoms with van der Waals surface area (Å²) in [5.41, 5.74) is 0.784. The van der Waals surface area contributed by atoms with Gasteiger partial charge in [0.2, 0.25) is 0 Å². The highest BCUT2D eigenvalue weighted by Crippen LogP contribution is 2.42. The minimum absolute atomic E-state index is 0.169. The van der Waals surface area contributed by atoms with Gasteiger partial charge >= 0.3 is 5.97 Å². The van der Waals surface area contributed by atoms with Crippen molar-refractivity contribution in [3.63, 3.8) is 0 Å². The molecule has 0 heterocycles. The van der Waals surface area contributed by atoms with E-state index in [1.165, 1.54) is 19.1 Å². The van der Waals surface area contributed by atoms with Gasteiger partial charge in [-0.15, -0.1) is 0 Å². The highest BCUT2D eigenvalue weighted by molar-refractivity contribution is 5.90. The summed E-state index contributed by atoms with van der Waals surface area (Å²) < 4.78 is 18.7. The number of nitrogens with one attached hydrogen (secondary N) is 1. The first kappa shape index (κ1) is 21.7. The first-order valence-corrected chi connectivity index (χ1v) is 10.2. The number of hydrogen-bond donors (Lipinski definition) is 1. The molecule has 30 heavy (non-hydrogen) atoms. The fourth-order valence-corrected chi connectivity index (χ4v) is 4.01. The molecule has 0 spiro atoms. The van der Waals surface area contributed by atoms with Crippen molar-refractivity contribution in [3.8, 4) is 0 Å². The molecule has 2 aromatic rings. The molecule has 5 nitrogen and oxygen atoms in total. The van der Waals surface area contributed by atoms with Crippen LogP contribution >= 0.6 is 0 Å². The Morgan fingerprint density at radius 3 is 2.27 bits per heavy atom. The van der Waals surface area contributed by atoms with E-state index in [4.69, 9.17) is 4.74 Å². The number of hydrogen-bond acceptors (Lipinski definition) is 4. The lowest BCUT2D eigenvalue weighted by atomic mass is 9.79. The van der Waals surface area contributed by atoms with Crippen LogP contribution < -0.4 is 5.32 Å². The Kier molecular flexibility index (Phi) is 6.98. The first-order chi connectivity index (χ1) is 14.4. The van der Waals surface area contributed by atoms with Gasteiger partial charge in [0.05, 0.1) is 11.5 Å². The van der Waals surface area contributed by atoms with E-state index in [1.807, 2.05) is 30.3 Å². The van der Waals surface area contributed by atoms with Crippen LogP contribution in [-0.2, 0) is 31.0 Å². The molecule has 0 bridgehead atoms. The summed E-state index contributed by atoms with van der Waals surface area (Å²) in [6.07, 6.45) is 3.30. The molecule has 0 radical (unpaired) electrons. The monoisotopic (exact) mass is 411 g/mol. The Morgan fingerprint density at radius 2 is 1.67 bits per heavy atom. The molecular formula is C24H26FNO4. The largest absolute Gasteiger partial charge is 0.455 e. The topological polar surface area (TPSA) is 72.5 Å². The van der Waals surface area contributed by atoms with Crippen LogP contribution in [0.15, 0.2) is 54.6 Å². The molecular weight excluding hydrogens is 385 g/mol. The predicted molar refractivity (Wildman–Crippen MR) is 110 cm³/mol. The van der Waals surface area contributed by atoms with Crippen molar-refractivity contribution in [2.45, 2.75) is 50.5 Å². The molecule has 1 atom stereocenters. The van der Waals surface area contributed by atoms with Crippen LogP contribution in [-0.4, -0.2) is 30.3 Å². The second kappa shape index (κ2) is 9.65. The van der Waals surface area contributed by atoms with Gasteiger partial charge in [0.15, 0.2) is 12.4 Å². The summed E-state index contributed by atoms with van der Waals surface area (Å²) in [5.74, 6) is -1.54. The number of amides is 1. The number of rotatable bonds is 8. The van der Waals surface area contributed by atoms with Gasteiger partial charge < -0.3 is 10.1 Å². The summed E-state index contributed by atoms with van der Waals surface area (Å²) >= 11 is 0. The van der Waals surface area contributed by atoms with Gasteiger partial charge in [0.1, 0.15) is 5.82 Å². The Bertz CT molecular complexity index is 889. The Labute approximate surface area is 175 Å². The highest BCUT2D eigenvalue weighted by Gasteiger charge is 2.44. The van der Waals surface area contributed by atoms with Gasteiger partial charge in [-0.1, -0.05) is 55.3 Å². The maximum Gasteiger partial charge on any atom is 0.317 e. The lowest BCUT2D eigenvalue weighted by Gasteiger charge is -2.27. The van der Waals surface area contributed by atoms with Gasteiger partial charge in [-0.25, -0.2) is 4.39 Å². The summed E-state index contributed by atoms with van der Waals surface area (Å²) in [5, 5.41) is 2.66. The van der Waals surface area contributed by atoms with E-state index in [9.17, 15) is 18.8 Å².